The Kier molecular flexibility index (Phi) is 9.81. The summed E-state index contributed by atoms with van der Waals surface area (Å²) < 4.78 is 0. The zero-order chi connectivity index (χ0) is 16.3. The molecule has 1 amide bonds. The average molecular weight is 347 g/mol. The van der Waals surface area contributed by atoms with E-state index in [1.165, 1.54) is 11.1 Å². The summed E-state index contributed by atoms with van der Waals surface area (Å²) in [7, 11) is 0. The first-order valence-electron chi connectivity index (χ1n) is 8.36. The first kappa shape index (κ1) is 20.2. The summed E-state index contributed by atoms with van der Waals surface area (Å²) in [6.07, 6.45) is 1.40. The third kappa shape index (κ3) is 7.16. The van der Waals surface area contributed by atoms with Crippen molar-refractivity contribution in [3.63, 3.8) is 0 Å². The fraction of sp³-hybridized carbons (Fsp3) is 0.350. The molecule has 0 spiro atoms. The topological polar surface area (TPSA) is 41.1 Å². The van der Waals surface area contributed by atoms with Crippen molar-refractivity contribution >= 4 is 18.3 Å². The lowest BCUT2D eigenvalue weighted by atomic mass is 9.89. The van der Waals surface area contributed by atoms with Gasteiger partial charge in [-0.15, -0.1) is 12.4 Å². The molecule has 0 saturated carbocycles. The number of carbonyl (C=O) groups excluding carboxylic acids is 1. The van der Waals surface area contributed by atoms with Crippen LogP contribution in [0.4, 0.5) is 0 Å². The lowest BCUT2D eigenvalue weighted by molar-refractivity contribution is -0.121. The first-order chi connectivity index (χ1) is 11.3. The Morgan fingerprint density at radius 1 is 0.958 bits per heavy atom. The standard InChI is InChI=1S/C20H26N2O.ClH/c1-2-21-13-14-22-20(23)16-19(18-11-7-4-8-12-18)15-17-9-5-3-6-10-17;/h3-12,19,21H,2,13-16H2,1H3,(H,22,23);1H. The van der Waals surface area contributed by atoms with E-state index in [-0.39, 0.29) is 24.2 Å². The molecular weight excluding hydrogens is 320 g/mol. The molecule has 1 atom stereocenters. The molecule has 0 aliphatic carbocycles. The van der Waals surface area contributed by atoms with Crippen LogP contribution in [0.3, 0.4) is 0 Å². The van der Waals surface area contributed by atoms with Crippen LogP contribution in [0.2, 0.25) is 0 Å². The number of likely N-dealkylation sites (N-methyl/N-ethyl adjacent to an activating group) is 1. The molecule has 0 heterocycles. The lowest BCUT2D eigenvalue weighted by Crippen LogP contribution is -2.32. The molecule has 1 unspecified atom stereocenters. The number of carbonyl (C=O) groups is 1. The second-order valence-electron chi connectivity index (χ2n) is 5.70. The number of amides is 1. The fourth-order valence-electron chi connectivity index (χ4n) is 2.69. The highest BCUT2D eigenvalue weighted by atomic mass is 35.5. The second kappa shape index (κ2) is 11.7. The van der Waals surface area contributed by atoms with E-state index in [2.05, 4.69) is 41.8 Å². The van der Waals surface area contributed by atoms with Gasteiger partial charge in [-0.05, 0) is 30.0 Å². The van der Waals surface area contributed by atoms with E-state index in [9.17, 15) is 4.79 Å². The maximum absolute atomic E-state index is 12.2. The van der Waals surface area contributed by atoms with Crippen molar-refractivity contribution in [1.82, 2.24) is 10.6 Å². The maximum Gasteiger partial charge on any atom is 0.220 e. The summed E-state index contributed by atoms with van der Waals surface area (Å²) in [5, 5.41) is 6.22. The summed E-state index contributed by atoms with van der Waals surface area (Å²) in [5.74, 6) is 0.324. The minimum Gasteiger partial charge on any atom is -0.355 e. The average Bonchev–Trinajstić information content (AvgIpc) is 2.60. The molecule has 0 radical (unpaired) electrons. The van der Waals surface area contributed by atoms with Crippen LogP contribution in [-0.2, 0) is 11.2 Å². The zero-order valence-corrected chi connectivity index (χ0v) is 15.0. The molecule has 2 rings (SSSR count). The zero-order valence-electron chi connectivity index (χ0n) is 14.2. The predicted molar refractivity (Wildman–Crippen MR) is 103 cm³/mol. The van der Waals surface area contributed by atoms with Crippen LogP contribution in [-0.4, -0.2) is 25.5 Å². The molecule has 0 aromatic heterocycles. The van der Waals surface area contributed by atoms with E-state index in [4.69, 9.17) is 0 Å². The van der Waals surface area contributed by atoms with E-state index in [0.29, 0.717) is 13.0 Å². The van der Waals surface area contributed by atoms with Crippen LogP contribution in [0.15, 0.2) is 60.7 Å². The number of benzene rings is 2. The molecule has 0 bridgehead atoms. The van der Waals surface area contributed by atoms with E-state index >= 15 is 0 Å². The van der Waals surface area contributed by atoms with Crippen molar-refractivity contribution in [1.29, 1.82) is 0 Å². The number of hydrogen-bond donors (Lipinski definition) is 2. The molecule has 2 aromatic carbocycles. The van der Waals surface area contributed by atoms with E-state index in [0.717, 1.165) is 19.5 Å². The molecule has 0 fully saturated rings. The molecule has 2 N–H and O–H groups in total. The van der Waals surface area contributed by atoms with Crippen LogP contribution < -0.4 is 10.6 Å². The van der Waals surface area contributed by atoms with Crippen molar-refractivity contribution in [3.05, 3.63) is 71.8 Å². The molecule has 130 valence electrons. The molecule has 24 heavy (non-hydrogen) atoms. The summed E-state index contributed by atoms with van der Waals surface area (Å²) >= 11 is 0. The van der Waals surface area contributed by atoms with Gasteiger partial charge in [0, 0.05) is 19.5 Å². The Balaban J connectivity index is 0.00000288. The Morgan fingerprint density at radius 2 is 1.58 bits per heavy atom. The Bertz CT molecular complexity index is 575. The minimum atomic E-state index is 0. The Hall–Kier alpha value is -1.84. The molecular formula is C20H27ClN2O. The Morgan fingerprint density at radius 3 is 2.21 bits per heavy atom. The van der Waals surface area contributed by atoms with Gasteiger partial charge in [-0.2, -0.15) is 0 Å². The third-order valence-electron chi connectivity index (χ3n) is 3.90. The van der Waals surface area contributed by atoms with Gasteiger partial charge in [-0.1, -0.05) is 67.6 Å². The quantitative estimate of drug-likeness (QED) is 0.682. The van der Waals surface area contributed by atoms with Gasteiger partial charge in [-0.25, -0.2) is 0 Å². The first-order valence-corrected chi connectivity index (χ1v) is 8.36. The number of nitrogens with one attached hydrogen (secondary N) is 2. The minimum absolute atomic E-state index is 0. The van der Waals surface area contributed by atoms with Crippen molar-refractivity contribution in [2.45, 2.75) is 25.7 Å². The lowest BCUT2D eigenvalue weighted by Gasteiger charge is -2.17. The molecule has 3 nitrogen and oxygen atoms in total. The van der Waals surface area contributed by atoms with Gasteiger partial charge in [0.2, 0.25) is 5.91 Å². The fourth-order valence-corrected chi connectivity index (χ4v) is 2.69. The summed E-state index contributed by atoms with van der Waals surface area (Å²) in [6.45, 7) is 4.49. The molecule has 0 aliphatic heterocycles. The van der Waals surface area contributed by atoms with E-state index in [1.807, 2.05) is 36.4 Å². The number of rotatable bonds is 9. The third-order valence-corrected chi connectivity index (χ3v) is 3.90. The number of halogens is 1. The normalized spacial score (nSPS) is 11.4. The van der Waals surface area contributed by atoms with Crippen molar-refractivity contribution < 1.29 is 4.79 Å². The van der Waals surface area contributed by atoms with E-state index in [1.54, 1.807) is 0 Å². The predicted octanol–water partition coefficient (Wildman–Crippen LogP) is 3.55. The van der Waals surface area contributed by atoms with Crippen LogP contribution in [0.5, 0.6) is 0 Å². The SMILES string of the molecule is CCNCCNC(=O)CC(Cc1ccccc1)c1ccccc1.Cl. The van der Waals surface area contributed by atoms with Gasteiger partial charge < -0.3 is 10.6 Å². The molecule has 4 heteroatoms. The van der Waals surface area contributed by atoms with Crippen molar-refractivity contribution in [2.75, 3.05) is 19.6 Å². The highest BCUT2D eigenvalue weighted by Gasteiger charge is 2.16. The summed E-state index contributed by atoms with van der Waals surface area (Å²) in [5.41, 5.74) is 2.49. The number of hydrogen-bond acceptors (Lipinski definition) is 2. The van der Waals surface area contributed by atoms with Crippen molar-refractivity contribution in [3.8, 4) is 0 Å². The van der Waals surface area contributed by atoms with Gasteiger partial charge >= 0.3 is 0 Å². The van der Waals surface area contributed by atoms with Crippen molar-refractivity contribution in [2.24, 2.45) is 0 Å². The van der Waals surface area contributed by atoms with Crippen LogP contribution in [0, 0.1) is 0 Å². The molecule has 2 aromatic rings. The maximum atomic E-state index is 12.2. The van der Waals surface area contributed by atoms with Gasteiger partial charge in [0.1, 0.15) is 0 Å². The van der Waals surface area contributed by atoms with Crippen LogP contribution in [0.1, 0.15) is 30.4 Å². The monoisotopic (exact) mass is 346 g/mol. The van der Waals surface area contributed by atoms with Gasteiger partial charge in [0.25, 0.3) is 0 Å². The second-order valence-corrected chi connectivity index (χ2v) is 5.70. The highest BCUT2D eigenvalue weighted by Crippen LogP contribution is 2.24. The van der Waals surface area contributed by atoms with E-state index < -0.39 is 0 Å². The van der Waals surface area contributed by atoms with Gasteiger partial charge in [-0.3, -0.25) is 4.79 Å². The Labute approximate surface area is 151 Å². The molecule has 0 aliphatic rings. The summed E-state index contributed by atoms with van der Waals surface area (Å²) in [4.78, 5) is 12.2. The highest BCUT2D eigenvalue weighted by molar-refractivity contribution is 5.85. The molecule has 0 saturated heterocycles. The summed E-state index contributed by atoms with van der Waals surface area (Å²) in [6, 6.07) is 20.7. The van der Waals surface area contributed by atoms with Crippen LogP contribution >= 0.6 is 12.4 Å². The largest absolute Gasteiger partial charge is 0.355 e. The smallest absolute Gasteiger partial charge is 0.220 e. The van der Waals surface area contributed by atoms with Gasteiger partial charge in [0.05, 0.1) is 0 Å². The van der Waals surface area contributed by atoms with Crippen LogP contribution in [0.25, 0.3) is 0 Å². The van der Waals surface area contributed by atoms with Gasteiger partial charge in [0.15, 0.2) is 0 Å².